The number of aromatic nitrogens is 1. The highest BCUT2D eigenvalue weighted by molar-refractivity contribution is 6.00. The van der Waals surface area contributed by atoms with Crippen LogP contribution < -0.4 is 20.1 Å². The molecule has 0 aliphatic carbocycles. The summed E-state index contributed by atoms with van der Waals surface area (Å²) in [6.07, 6.45) is -0.425. The van der Waals surface area contributed by atoms with Crippen LogP contribution in [0, 0.1) is 17.0 Å². The smallest absolute Gasteiger partial charge is 0.407 e. The van der Waals surface area contributed by atoms with E-state index in [1.807, 2.05) is 18.0 Å². The Morgan fingerprint density at radius 2 is 1.86 bits per heavy atom. The lowest BCUT2D eigenvalue weighted by Gasteiger charge is -2.40. The molecule has 3 aromatic rings. The zero-order valence-electron chi connectivity index (χ0n) is 24.4. The number of phenols is 1. The van der Waals surface area contributed by atoms with Crippen molar-refractivity contribution in [1.82, 2.24) is 14.8 Å². The summed E-state index contributed by atoms with van der Waals surface area (Å²) in [7, 11) is 3.41. The SMILES string of the molecule is CC1CC(N(C)c2c(F)c(Oc3cccc(C4=NCCN4C)c3)nc(Oc3cc(C(=N)N)ccc3O)c2F)CCN1C(=O)O. The van der Waals surface area contributed by atoms with Crippen molar-refractivity contribution < 1.29 is 33.3 Å². The van der Waals surface area contributed by atoms with E-state index in [2.05, 4.69) is 9.98 Å². The summed E-state index contributed by atoms with van der Waals surface area (Å²) in [6, 6.07) is 9.84. The van der Waals surface area contributed by atoms with Crippen LogP contribution in [0.5, 0.6) is 29.0 Å². The van der Waals surface area contributed by atoms with E-state index in [1.165, 1.54) is 35.0 Å². The zero-order chi connectivity index (χ0) is 31.7. The summed E-state index contributed by atoms with van der Waals surface area (Å²) in [4.78, 5) is 24.7. The number of nitrogens with one attached hydrogen (secondary N) is 1. The molecule has 0 saturated carbocycles. The van der Waals surface area contributed by atoms with Gasteiger partial charge in [-0.3, -0.25) is 10.4 Å². The van der Waals surface area contributed by atoms with Gasteiger partial charge in [-0.25, -0.2) is 4.79 Å². The first-order chi connectivity index (χ1) is 20.9. The van der Waals surface area contributed by atoms with E-state index in [4.69, 9.17) is 20.6 Å². The van der Waals surface area contributed by atoms with E-state index in [0.29, 0.717) is 19.4 Å². The van der Waals surface area contributed by atoms with E-state index in [-0.39, 0.29) is 35.2 Å². The average Bonchev–Trinajstić information content (AvgIpc) is 3.42. The Kier molecular flexibility index (Phi) is 8.43. The number of pyridine rings is 1. The molecule has 1 fully saturated rings. The molecule has 232 valence electrons. The summed E-state index contributed by atoms with van der Waals surface area (Å²) in [6.45, 7) is 3.32. The minimum Gasteiger partial charge on any atom is -0.504 e. The first kappa shape index (κ1) is 30.3. The van der Waals surface area contributed by atoms with Gasteiger partial charge in [0.25, 0.3) is 11.8 Å². The first-order valence-corrected chi connectivity index (χ1v) is 13.9. The van der Waals surface area contributed by atoms with Gasteiger partial charge in [0.2, 0.25) is 11.6 Å². The van der Waals surface area contributed by atoms with Crippen molar-refractivity contribution in [3.63, 3.8) is 0 Å². The standard InChI is InChI=1S/C30H33F2N7O5/c1-16-13-19(9-11-39(16)30(41)42)38(3)25-23(31)28(43-20-6-4-5-18(14-20)27-35-10-12-37(27)2)36-29(24(25)32)44-22-15-17(26(33)34)7-8-21(22)40/h4-8,14-16,19,40H,9-13H2,1-3H3,(H3,33,34)(H,41,42). The highest BCUT2D eigenvalue weighted by Gasteiger charge is 2.35. The molecule has 14 heteroatoms. The molecule has 12 nitrogen and oxygen atoms in total. The number of aromatic hydroxyl groups is 1. The highest BCUT2D eigenvalue weighted by atomic mass is 19.1. The molecule has 2 aliphatic heterocycles. The number of aliphatic imine (C=N–C) groups is 1. The van der Waals surface area contributed by atoms with Gasteiger partial charge in [0, 0.05) is 50.4 Å². The largest absolute Gasteiger partial charge is 0.504 e. The van der Waals surface area contributed by atoms with Crippen molar-refractivity contribution in [2.45, 2.75) is 31.8 Å². The number of likely N-dealkylation sites (N-methyl/N-ethyl adjacent to an activating group) is 1. The molecule has 0 spiro atoms. The maximum atomic E-state index is 16.2. The van der Waals surface area contributed by atoms with Crippen LogP contribution in [0.4, 0.5) is 19.3 Å². The molecule has 1 amide bonds. The summed E-state index contributed by atoms with van der Waals surface area (Å²) < 4.78 is 43.9. The van der Waals surface area contributed by atoms with Crippen LogP contribution >= 0.6 is 0 Å². The number of amidine groups is 2. The van der Waals surface area contributed by atoms with Gasteiger partial charge in [-0.05, 0) is 50.1 Å². The predicted octanol–water partition coefficient (Wildman–Crippen LogP) is 4.59. The molecule has 3 heterocycles. The van der Waals surface area contributed by atoms with E-state index < -0.39 is 47.3 Å². The molecule has 1 aromatic heterocycles. The van der Waals surface area contributed by atoms with Crippen LogP contribution in [-0.4, -0.2) is 88.6 Å². The van der Waals surface area contributed by atoms with Gasteiger partial charge in [-0.2, -0.15) is 13.8 Å². The topological polar surface area (TPSA) is 161 Å². The summed E-state index contributed by atoms with van der Waals surface area (Å²) in [5.41, 5.74) is 6.01. The van der Waals surface area contributed by atoms with Gasteiger partial charge in [0.15, 0.2) is 11.5 Å². The van der Waals surface area contributed by atoms with E-state index >= 15 is 8.78 Å². The number of piperidine rings is 1. The summed E-state index contributed by atoms with van der Waals surface area (Å²) >= 11 is 0. The summed E-state index contributed by atoms with van der Waals surface area (Å²) in [5.74, 6) is -3.52. The second-order valence-corrected chi connectivity index (χ2v) is 10.8. The van der Waals surface area contributed by atoms with Crippen LogP contribution in [-0.2, 0) is 0 Å². The Morgan fingerprint density at radius 1 is 1.14 bits per heavy atom. The van der Waals surface area contributed by atoms with Crippen LogP contribution in [0.15, 0.2) is 47.5 Å². The number of halogens is 2. The molecule has 44 heavy (non-hydrogen) atoms. The van der Waals surface area contributed by atoms with Crippen LogP contribution in [0.2, 0.25) is 0 Å². The molecule has 2 aliphatic rings. The van der Waals surface area contributed by atoms with Crippen molar-refractivity contribution in [3.05, 3.63) is 65.2 Å². The minimum atomic E-state index is -1.16. The number of nitrogen functional groups attached to an aromatic ring is 1. The fourth-order valence-electron chi connectivity index (χ4n) is 5.42. The highest BCUT2D eigenvalue weighted by Crippen LogP contribution is 2.41. The lowest BCUT2D eigenvalue weighted by molar-refractivity contribution is 0.106. The zero-order valence-corrected chi connectivity index (χ0v) is 24.4. The van der Waals surface area contributed by atoms with E-state index in [1.54, 1.807) is 25.1 Å². The lowest BCUT2D eigenvalue weighted by Crippen LogP contribution is -2.50. The molecule has 2 aromatic carbocycles. The fourth-order valence-corrected chi connectivity index (χ4v) is 5.42. The maximum absolute atomic E-state index is 16.2. The van der Waals surface area contributed by atoms with Crippen molar-refractivity contribution in [3.8, 4) is 29.0 Å². The molecule has 2 unspecified atom stereocenters. The maximum Gasteiger partial charge on any atom is 0.407 e. The van der Waals surface area contributed by atoms with Crippen molar-refractivity contribution in [2.24, 2.45) is 10.7 Å². The molecular weight excluding hydrogens is 576 g/mol. The molecular formula is C30H33F2N7O5. The number of nitrogens with zero attached hydrogens (tertiary/aromatic N) is 5. The number of amides is 1. The number of carbonyl (C=O) groups is 1. The number of rotatable bonds is 8. The average molecular weight is 610 g/mol. The summed E-state index contributed by atoms with van der Waals surface area (Å²) in [5, 5.41) is 27.6. The van der Waals surface area contributed by atoms with Crippen LogP contribution in [0.1, 0.15) is 30.9 Å². The number of ether oxygens (including phenoxy) is 2. The van der Waals surface area contributed by atoms with Crippen molar-refractivity contribution in [2.75, 3.05) is 38.6 Å². The molecule has 0 radical (unpaired) electrons. The second kappa shape index (κ2) is 12.2. The predicted molar refractivity (Wildman–Crippen MR) is 160 cm³/mol. The Morgan fingerprint density at radius 3 is 2.50 bits per heavy atom. The molecule has 2 atom stereocenters. The minimum absolute atomic E-state index is 0.184. The third-order valence-corrected chi connectivity index (χ3v) is 7.83. The van der Waals surface area contributed by atoms with Gasteiger partial charge in [-0.1, -0.05) is 12.1 Å². The van der Waals surface area contributed by atoms with E-state index in [9.17, 15) is 15.0 Å². The number of hydrogen-bond acceptors (Lipinski definition) is 9. The number of anilines is 1. The monoisotopic (exact) mass is 609 g/mol. The Balaban J connectivity index is 1.55. The second-order valence-electron chi connectivity index (χ2n) is 10.8. The first-order valence-electron chi connectivity index (χ1n) is 13.9. The number of phenolic OH excluding ortho intramolecular Hbond substituents is 1. The molecule has 1 saturated heterocycles. The number of carboxylic acid groups (broad SMARTS) is 1. The number of hydrogen-bond donors (Lipinski definition) is 4. The normalized spacial score (nSPS) is 18.2. The van der Waals surface area contributed by atoms with Crippen LogP contribution in [0.3, 0.4) is 0 Å². The Labute approximate surface area is 252 Å². The quantitative estimate of drug-likeness (QED) is 0.211. The number of likely N-dealkylation sites (tertiary alicyclic amines) is 1. The number of benzene rings is 2. The lowest BCUT2D eigenvalue weighted by atomic mass is 9.97. The molecule has 5 rings (SSSR count). The van der Waals surface area contributed by atoms with Gasteiger partial charge < -0.3 is 40.1 Å². The van der Waals surface area contributed by atoms with Gasteiger partial charge in [-0.15, -0.1) is 0 Å². The molecule has 0 bridgehead atoms. The number of nitrogens with two attached hydrogens (primary N) is 1. The Hall–Kier alpha value is -5.14. The van der Waals surface area contributed by atoms with Crippen molar-refractivity contribution >= 4 is 23.5 Å². The van der Waals surface area contributed by atoms with Crippen molar-refractivity contribution in [1.29, 1.82) is 5.41 Å². The van der Waals surface area contributed by atoms with Gasteiger partial charge in [0.05, 0.1) is 6.54 Å². The van der Waals surface area contributed by atoms with E-state index in [0.717, 1.165) is 17.9 Å². The fraction of sp³-hybridized carbons (Fsp3) is 0.333. The molecule has 5 N–H and O–H groups in total. The third-order valence-electron chi connectivity index (χ3n) is 7.83. The van der Waals surface area contributed by atoms with Gasteiger partial charge >= 0.3 is 6.09 Å². The van der Waals surface area contributed by atoms with Crippen LogP contribution in [0.25, 0.3) is 0 Å². The third kappa shape index (κ3) is 6.00. The van der Waals surface area contributed by atoms with Gasteiger partial charge in [0.1, 0.15) is 23.1 Å². The Bertz CT molecular complexity index is 1640.